The molecule has 0 aliphatic heterocycles. The Labute approximate surface area is 131 Å². The average molecular weight is 300 g/mol. The van der Waals surface area contributed by atoms with Crippen LogP contribution in [0.2, 0.25) is 0 Å². The zero-order valence-electron chi connectivity index (χ0n) is 13.7. The third kappa shape index (κ3) is 3.41. The average Bonchev–Trinajstić information content (AvgIpc) is 2.51. The zero-order chi connectivity index (χ0) is 16.3. The van der Waals surface area contributed by atoms with Crippen molar-refractivity contribution in [2.24, 2.45) is 5.41 Å². The van der Waals surface area contributed by atoms with Crippen molar-refractivity contribution >= 4 is 16.7 Å². The molecule has 2 aromatic rings. The van der Waals surface area contributed by atoms with E-state index in [2.05, 4.69) is 19.1 Å². The van der Waals surface area contributed by atoms with Gasteiger partial charge in [-0.2, -0.15) is 0 Å². The molecule has 1 unspecified atom stereocenters. The van der Waals surface area contributed by atoms with Crippen LogP contribution in [0.15, 0.2) is 36.4 Å². The van der Waals surface area contributed by atoms with Gasteiger partial charge in [-0.1, -0.05) is 31.2 Å². The van der Waals surface area contributed by atoms with Crippen LogP contribution in [-0.4, -0.2) is 18.2 Å². The fourth-order valence-electron chi connectivity index (χ4n) is 2.98. The summed E-state index contributed by atoms with van der Waals surface area (Å²) in [7, 11) is 1.44. The van der Waals surface area contributed by atoms with Gasteiger partial charge in [-0.05, 0) is 61.1 Å². The first-order valence-corrected chi connectivity index (χ1v) is 7.68. The summed E-state index contributed by atoms with van der Waals surface area (Å²) < 4.78 is 4.91. The molecule has 0 bridgehead atoms. The summed E-state index contributed by atoms with van der Waals surface area (Å²) in [5, 5.41) is 11.7. The SMILES string of the molecule is CCC(CC(C)(C)C(=O)OC)c1ccc2cc(O)ccc2c1. The molecule has 3 nitrogen and oxygen atoms in total. The maximum atomic E-state index is 11.9. The predicted molar refractivity (Wildman–Crippen MR) is 89.1 cm³/mol. The number of ether oxygens (including phenoxy) is 1. The number of phenols is 1. The summed E-state index contributed by atoms with van der Waals surface area (Å²) in [6.07, 6.45) is 1.71. The van der Waals surface area contributed by atoms with Gasteiger partial charge in [-0.25, -0.2) is 0 Å². The van der Waals surface area contributed by atoms with E-state index in [9.17, 15) is 9.90 Å². The molecule has 0 aliphatic carbocycles. The van der Waals surface area contributed by atoms with Crippen molar-refractivity contribution in [2.75, 3.05) is 7.11 Å². The Hall–Kier alpha value is -2.03. The van der Waals surface area contributed by atoms with Crippen LogP contribution in [0.1, 0.15) is 45.1 Å². The monoisotopic (exact) mass is 300 g/mol. The molecule has 3 heteroatoms. The van der Waals surface area contributed by atoms with E-state index < -0.39 is 5.41 Å². The lowest BCUT2D eigenvalue weighted by Crippen LogP contribution is -2.27. The molecule has 0 saturated heterocycles. The number of esters is 1. The quantitative estimate of drug-likeness (QED) is 0.819. The Morgan fingerprint density at radius 3 is 2.45 bits per heavy atom. The van der Waals surface area contributed by atoms with E-state index in [4.69, 9.17) is 4.74 Å². The highest BCUT2D eigenvalue weighted by Crippen LogP contribution is 2.36. The van der Waals surface area contributed by atoms with Crippen LogP contribution in [-0.2, 0) is 9.53 Å². The van der Waals surface area contributed by atoms with Crippen LogP contribution in [0.5, 0.6) is 5.75 Å². The Bertz CT molecular complexity index is 673. The molecule has 2 aromatic carbocycles. The number of phenolic OH excluding ortho intramolecular Hbond substituents is 1. The third-order valence-corrected chi connectivity index (χ3v) is 4.31. The standard InChI is InChI=1S/C19H24O3/c1-5-13(12-19(2,3)18(21)22-4)14-6-7-16-11-17(20)9-8-15(16)10-14/h6-11,13,20H,5,12H2,1-4H3. The van der Waals surface area contributed by atoms with E-state index in [1.807, 2.05) is 26.0 Å². The first-order valence-electron chi connectivity index (χ1n) is 7.68. The van der Waals surface area contributed by atoms with Gasteiger partial charge >= 0.3 is 5.97 Å². The minimum atomic E-state index is -0.501. The van der Waals surface area contributed by atoms with E-state index in [-0.39, 0.29) is 11.7 Å². The number of carbonyl (C=O) groups excluding carboxylic acids is 1. The topological polar surface area (TPSA) is 46.5 Å². The second kappa shape index (κ2) is 6.39. The molecule has 0 amide bonds. The summed E-state index contributed by atoms with van der Waals surface area (Å²) in [6, 6.07) is 11.6. The summed E-state index contributed by atoms with van der Waals surface area (Å²) >= 11 is 0. The van der Waals surface area contributed by atoms with Crippen LogP contribution >= 0.6 is 0 Å². The fourth-order valence-corrected chi connectivity index (χ4v) is 2.98. The van der Waals surface area contributed by atoms with E-state index >= 15 is 0 Å². The van der Waals surface area contributed by atoms with Gasteiger partial charge in [-0.3, -0.25) is 4.79 Å². The van der Waals surface area contributed by atoms with Gasteiger partial charge in [0.2, 0.25) is 0 Å². The number of carbonyl (C=O) groups is 1. The van der Waals surface area contributed by atoms with Crippen molar-refractivity contribution in [3.8, 4) is 5.75 Å². The molecule has 1 N–H and O–H groups in total. The van der Waals surface area contributed by atoms with E-state index in [0.29, 0.717) is 5.92 Å². The molecule has 0 spiro atoms. The van der Waals surface area contributed by atoms with Gasteiger partial charge in [0.1, 0.15) is 5.75 Å². The van der Waals surface area contributed by atoms with Crippen molar-refractivity contribution in [3.63, 3.8) is 0 Å². The Morgan fingerprint density at radius 1 is 1.18 bits per heavy atom. The number of hydrogen-bond acceptors (Lipinski definition) is 3. The zero-order valence-corrected chi connectivity index (χ0v) is 13.7. The van der Waals surface area contributed by atoms with Crippen LogP contribution in [0.3, 0.4) is 0 Å². The van der Waals surface area contributed by atoms with Gasteiger partial charge in [0.15, 0.2) is 0 Å². The van der Waals surface area contributed by atoms with Gasteiger partial charge in [-0.15, -0.1) is 0 Å². The number of fused-ring (bicyclic) bond motifs is 1. The second-order valence-corrected chi connectivity index (χ2v) is 6.48. The van der Waals surface area contributed by atoms with Crippen LogP contribution in [0, 0.1) is 5.41 Å². The van der Waals surface area contributed by atoms with Gasteiger partial charge < -0.3 is 9.84 Å². The van der Waals surface area contributed by atoms with Gasteiger partial charge in [0, 0.05) is 0 Å². The number of hydrogen-bond donors (Lipinski definition) is 1. The van der Waals surface area contributed by atoms with Gasteiger partial charge in [0.05, 0.1) is 12.5 Å². The van der Waals surface area contributed by atoms with Crippen molar-refractivity contribution < 1.29 is 14.6 Å². The molecule has 0 fully saturated rings. The number of benzene rings is 2. The normalized spacial score (nSPS) is 13.1. The Morgan fingerprint density at radius 2 is 1.82 bits per heavy atom. The molecular formula is C19H24O3. The molecule has 0 radical (unpaired) electrons. The first kappa shape index (κ1) is 16.3. The van der Waals surface area contributed by atoms with Crippen molar-refractivity contribution in [3.05, 3.63) is 42.0 Å². The maximum absolute atomic E-state index is 11.9. The summed E-state index contributed by atoms with van der Waals surface area (Å²) in [4.78, 5) is 11.9. The van der Waals surface area contributed by atoms with E-state index in [1.54, 1.807) is 12.1 Å². The van der Waals surface area contributed by atoms with Gasteiger partial charge in [0.25, 0.3) is 0 Å². The van der Waals surface area contributed by atoms with E-state index in [0.717, 1.165) is 23.6 Å². The first-order chi connectivity index (χ1) is 10.4. The Kier molecular flexibility index (Phi) is 4.74. The molecule has 2 rings (SSSR count). The van der Waals surface area contributed by atoms with Crippen molar-refractivity contribution in [1.82, 2.24) is 0 Å². The Balaban J connectivity index is 2.31. The molecular weight excluding hydrogens is 276 g/mol. The van der Waals surface area contributed by atoms with Crippen LogP contribution in [0.4, 0.5) is 0 Å². The third-order valence-electron chi connectivity index (χ3n) is 4.31. The molecule has 1 atom stereocenters. The number of methoxy groups -OCH3 is 1. The predicted octanol–water partition coefficient (Wildman–Crippen LogP) is 4.63. The van der Waals surface area contributed by atoms with Crippen LogP contribution in [0.25, 0.3) is 10.8 Å². The van der Waals surface area contributed by atoms with Crippen LogP contribution < -0.4 is 0 Å². The van der Waals surface area contributed by atoms with E-state index in [1.165, 1.54) is 12.7 Å². The summed E-state index contributed by atoms with van der Waals surface area (Å²) in [5.41, 5.74) is 0.719. The van der Waals surface area contributed by atoms with Crippen molar-refractivity contribution in [1.29, 1.82) is 0 Å². The second-order valence-electron chi connectivity index (χ2n) is 6.48. The number of rotatable bonds is 5. The fraction of sp³-hybridized carbons (Fsp3) is 0.421. The summed E-state index contributed by atoms with van der Waals surface area (Å²) in [5.74, 6) is 0.406. The number of aromatic hydroxyl groups is 1. The largest absolute Gasteiger partial charge is 0.508 e. The van der Waals surface area contributed by atoms with Crippen molar-refractivity contribution in [2.45, 2.75) is 39.5 Å². The minimum absolute atomic E-state index is 0.170. The minimum Gasteiger partial charge on any atom is -0.508 e. The highest BCUT2D eigenvalue weighted by Gasteiger charge is 2.31. The smallest absolute Gasteiger partial charge is 0.311 e. The lowest BCUT2D eigenvalue weighted by molar-refractivity contribution is -0.151. The molecule has 0 aliphatic rings. The molecule has 0 saturated carbocycles. The molecule has 0 aromatic heterocycles. The summed E-state index contributed by atoms with van der Waals surface area (Å²) in [6.45, 7) is 6.00. The lowest BCUT2D eigenvalue weighted by Gasteiger charge is -2.27. The molecule has 0 heterocycles. The lowest BCUT2D eigenvalue weighted by atomic mass is 9.78. The molecule has 118 valence electrons. The highest BCUT2D eigenvalue weighted by atomic mass is 16.5. The maximum Gasteiger partial charge on any atom is 0.311 e. The highest BCUT2D eigenvalue weighted by molar-refractivity contribution is 5.84. The molecule has 22 heavy (non-hydrogen) atoms.